The van der Waals surface area contributed by atoms with Crippen molar-refractivity contribution in [3.05, 3.63) is 0 Å². The summed E-state index contributed by atoms with van der Waals surface area (Å²) in [5, 5.41) is 5.74. The largest absolute Gasteiger partial charge is 0.356 e. The van der Waals surface area contributed by atoms with Crippen LogP contribution in [-0.2, 0) is 14.8 Å². The van der Waals surface area contributed by atoms with Gasteiger partial charge in [-0.25, -0.2) is 12.7 Å². The fraction of sp³-hybridized carbons (Fsp3) is 0.909. The lowest BCUT2D eigenvalue weighted by Crippen LogP contribution is -2.37. The standard InChI is InChI=1S/C11H25N3O3S/c1-5-14(18(4,16)17)8-6-7-13-11(15)10(2)9-12-3/h10,12H,5-9H2,1-4H3,(H,13,15). The van der Waals surface area contributed by atoms with Crippen LogP contribution in [0.15, 0.2) is 0 Å². The summed E-state index contributed by atoms with van der Waals surface area (Å²) in [6, 6.07) is 0. The van der Waals surface area contributed by atoms with Gasteiger partial charge in [0.05, 0.1) is 6.26 Å². The molecule has 0 rings (SSSR count). The molecule has 0 aliphatic rings. The molecule has 0 fully saturated rings. The van der Waals surface area contributed by atoms with Crippen LogP contribution in [0, 0.1) is 5.92 Å². The summed E-state index contributed by atoms with van der Waals surface area (Å²) in [6.07, 6.45) is 1.82. The van der Waals surface area contributed by atoms with Gasteiger partial charge in [0, 0.05) is 32.1 Å². The van der Waals surface area contributed by atoms with Crippen LogP contribution in [0.3, 0.4) is 0 Å². The van der Waals surface area contributed by atoms with Crippen molar-refractivity contribution in [3.8, 4) is 0 Å². The molecule has 0 aromatic rings. The number of carbonyl (C=O) groups is 1. The Bertz CT molecular complexity index is 343. The first-order valence-corrected chi connectivity index (χ1v) is 8.05. The Morgan fingerprint density at radius 3 is 2.44 bits per heavy atom. The van der Waals surface area contributed by atoms with Gasteiger partial charge < -0.3 is 10.6 Å². The Labute approximate surface area is 110 Å². The molecule has 1 atom stereocenters. The normalized spacial score (nSPS) is 13.6. The van der Waals surface area contributed by atoms with Gasteiger partial charge in [-0.15, -0.1) is 0 Å². The van der Waals surface area contributed by atoms with Crippen molar-refractivity contribution >= 4 is 15.9 Å². The second-order valence-electron chi connectivity index (χ2n) is 4.36. The van der Waals surface area contributed by atoms with Crippen molar-refractivity contribution in [2.75, 3.05) is 39.5 Å². The summed E-state index contributed by atoms with van der Waals surface area (Å²) in [5.41, 5.74) is 0. The lowest BCUT2D eigenvalue weighted by atomic mass is 10.1. The monoisotopic (exact) mass is 279 g/mol. The van der Waals surface area contributed by atoms with Crippen molar-refractivity contribution in [2.24, 2.45) is 5.92 Å². The van der Waals surface area contributed by atoms with E-state index in [-0.39, 0.29) is 11.8 Å². The molecule has 108 valence electrons. The van der Waals surface area contributed by atoms with Gasteiger partial charge in [0.1, 0.15) is 0 Å². The van der Waals surface area contributed by atoms with E-state index in [2.05, 4.69) is 10.6 Å². The van der Waals surface area contributed by atoms with E-state index in [9.17, 15) is 13.2 Å². The fourth-order valence-corrected chi connectivity index (χ4v) is 2.53. The molecule has 0 bridgehead atoms. The number of sulfonamides is 1. The Balaban J connectivity index is 3.89. The van der Waals surface area contributed by atoms with Gasteiger partial charge in [-0.05, 0) is 13.5 Å². The molecule has 2 N–H and O–H groups in total. The molecule has 6 nitrogen and oxygen atoms in total. The summed E-state index contributed by atoms with van der Waals surface area (Å²) in [7, 11) is -1.33. The average Bonchev–Trinajstić information content (AvgIpc) is 2.27. The quantitative estimate of drug-likeness (QED) is 0.565. The molecule has 0 aliphatic carbocycles. The van der Waals surface area contributed by atoms with Crippen molar-refractivity contribution in [2.45, 2.75) is 20.3 Å². The van der Waals surface area contributed by atoms with Gasteiger partial charge in [-0.1, -0.05) is 13.8 Å². The minimum absolute atomic E-state index is 0.00764. The van der Waals surface area contributed by atoms with E-state index in [0.717, 1.165) is 0 Å². The van der Waals surface area contributed by atoms with Crippen molar-refractivity contribution < 1.29 is 13.2 Å². The summed E-state index contributed by atoms with van der Waals surface area (Å²) in [6.45, 7) is 5.68. The first kappa shape index (κ1) is 17.3. The smallest absolute Gasteiger partial charge is 0.224 e. The van der Waals surface area contributed by atoms with Crippen LogP contribution in [0.1, 0.15) is 20.3 Å². The molecule has 1 amide bonds. The Kier molecular flexibility index (Phi) is 8.13. The highest BCUT2D eigenvalue weighted by Crippen LogP contribution is 1.98. The predicted molar refractivity (Wildman–Crippen MR) is 72.8 cm³/mol. The van der Waals surface area contributed by atoms with Crippen LogP contribution in [0.4, 0.5) is 0 Å². The van der Waals surface area contributed by atoms with Crippen LogP contribution >= 0.6 is 0 Å². The number of nitrogens with zero attached hydrogens (tertiary/aromatic N) is 1. The SMILES string of the molecule is CCN(CCCNC(=O)C(C)CNC)S(C)(=O)=O. The number of hydrogen-bond acceptors (Lipinski definition) is 4. The molecule has 0 aliphatic heterocycles. The zero-order valence-electron chi connectivity index (χ0n) is 11.7. The first-order chi connectivity index (χ1) is 8.32. The molecular weight excluding hydrogens is 254 g/mol. The van der Waals surface area contributed by atoms with Gasteiger partial charge >= 0.3 is 0 Å². The minimum Gasteiger partial charge on any atom is -0.356 e. The van der Waals surface area contributed by atoms with Crippen LogP contribution < -0.4 is 10.6 Å². The maximum atomic E-state index is 11.6. The summed E-state index contributed by atoms with van der Waals surface area (Å²) in [5.74, 6) is -0.0843. The van der Waals surface area contributed by atoms with E-state index in [1.54, 1.807) is 14.0 Å². The molecule has 0 saturated heterocycles. The van der Waals surface area contributed by atoms with Crippen LogP contribution in [0.5, 0.6) is 0 Å². The second kappa shape index (κ2) is 8.44. The molecule has 0 spiro atoms. The molecule has 7 heteroatoms. The molecule has 0 heterocycles. The third kappa shape index (κ3) is 6.93. The molecule has 0 saturated carbocycles. The summed E-state index contributed by atoms with van der Waals surface area (Å²) >= 11 is 0. The predicted octanol–water partition coefficient (Wildman–Crippen LogP) is -0.370. The zero-order chi connectivity index (χ0) is 14.2. The Morgan fingerprint density at radius 1 is 1.39 bits per heavy atom. The number of rotatable bonds is 9. The zero-order valence-corrected chi connectivity index (χ0v) is 12.5. The topological polar surface area (TPSA) is 78.5 Å². The lowest BCUT2D eigenvalue weighted by molar-refractivity contribution is -0.124. The second-order valence-corrected chi connectivity index (χ2v) is 6.34. The highest BCUT2D eigenvalue weighted by molar-refractivity contribution is 7.88. The highest BCUT2D eigenvalue weighted by Gasteiger charge is 2.14. The van der Waals surface area contributed by atoms with Crippen molar-refractivity contribution in [3.63, 3.8) is 0 Å². The number of hydrogen-bond donors (Lipinski definition) is 2. The van der Waals surface area contributed by atoms with Crippen molar-refractivity contribution in [1.29, 1.82) is 0 Å². The van der Waals surface area contributed by atoms with E-state index in [1.165, 1.54) is 10.6 Å². The maximum Gasteiger partial charge on any atom is 0.224 e. The van der Waals surface area contributed by atoms with Gasteiger partial charge in [-0.2, -0.15) is 0 Å². The van der Waals surface area contributed by atoms with Gasteiger partial charge in [0.25, 0.3) is 0 Å². The van der Waals surface area contributed by atoms with E-state index < -0.39 is 10.0 Å². The van der Waals surface area contributed by atoms with Crippen LogP contribution in [-0.4, -0.2) is 58.1 Å². The maximum absolute atomic E-state index is 11.6. The van der Waals surface area contributed by atoms with E-state index >= 15 is 0 Å². The molecule has 0 aromatic carbocycles. The van der Waals surface area contributed by atoms with E-state index in [4.69, 9.17) is 0 Å². The molecule has 1 unspecified atom stereocenters. The highest BCUT2D eigenvalue weighted by atomic mass is 32.2. The van der Waals surface area contributed by atoms with Crippen LogP contribution in [0.2, 0.25) is 0 Å². The third-order valence-electron chi connectivity index (χ3n) is 2.66. The number of carbonyl (C=O) groups excluding carboxylic acids is 1. The van der Waals surface area contributed by atoms with Crippen LogP contribution in [0.25, 0.3) is 0 Å². The molecule has 0 radical (unpaired) electrons. The molecule has 0 aromatic heterocycles. The van der Waals surface area contributed by atoms with E-state index in [1.807, 2.05) is 6.92 Å². The van der Waals surface area contributed by atoms with Gasteiger partial charge in [0.2, 0.25) is 15.9 Å². The van der Waals surface area contributed by atoms with Gasteiger partial charge in [-0.3, -0.25) is 4.79 Å². The number of nitrogens with one attached hydrogen (secondary N) is 2. The average molecular weight is 279 g/mol. The third-order valence-corrected chi connectivity index (χ3v) is 4.04. The minimum atomic E-state index is -3.13. The lowest BCUT2D eigenvalue weighted by Gasteiger charge is -2.18. The molecule has 18 heavy (non-hydrogen) atoms. The summed E-state index contributed by atoms with van der Waals surface area (Å²) in [4.78, 5) is 11.6. The Morgan fingerprint density at radius 2 is 2.00 bits per heavy atom. The van der Waals surface area contributed by atoms with E-state index in [0.29, 0.717) is 32.6 Å². The Hall–Kier alpha value is -0.660. The first-order valence-electron chi connectivity index (χ1n) is 6.20. The van der Waals surface area contributed by atoms with Crippen molar-refractivity contribution in [1.82, 2.24) is 14.9 Å². The number of amides is 1. The van der Waals surface area contributed by atoms with Gasteiger partial charge in [0.15, 0.2) is 0 Å². The molecular formula is C11H25N3O3S. The fourth-order valence-electron chi connectivity index (χ4n) is 1.60. The summed E-state index contributed by atoms with van der Waals surface area (Å²) < 4.78 is 24.0.